The van der Waals surface area contributed by atoms with Crippen molar-refractivity contribution in [1.29, 1.82) is 0 Å². The average molecular weight is 188 g/mol. The van der Waals surface area contributed by atoms with Crippen molar-refractivity contribution >= 4 is 11.8 Å². The predicted octanol–water partition coefficient (Wildman–Crippen LogP) is 2.32. The topological polar surface area (TPSA) is 42.3 Å². The quantitative estimate of drug-likeness (QED) is 0.385. The minimum Gasteiger partial charge on any atom is -0.259 e. The van der Waals surface area contributed by atoms with E-state index in [0.717, 1.165) is 12.8 Å². The summed E-state index contributed by atoms with van der Waals surface area (Å²) < 4.78 is 0. The van der Waals surface area contributed by atoms with E-state index in [0.29, 0.717) is 5.69 Å². The predicted molar refractivity (Wildman–Crippen MR) is 53.3 cm³/mol. The average Bonchev–Trinajstić information content (AvgIpc) is 2.42. The number of carbonyl (C=O) groups excluding carboxylic acids is 1. The van der Waals surface area contributed by atoms with Crippen LogP contribution in [0.1, 0.15) is 30.5 Å². The van der Waals surface area contributed by atoms with Gasteiger partial charge in [-0.25, -0.2) is 4.79 Å². The molecule has 1 heterocycles. The lowest BCUT2D eigenvalue weighted by molar-refractivity contribution is 0.565. The van der Waals surface area contributed by atoms with Gasteiger partial charge in [0.1, 0.15) is 0 Å². The standard InChI is InChI=1S/C11H12N2O/c14-8-13-10-6-9-4-2-1-3-5-11(9)12-7-10/h6-7H,1-5H2. The van der Waals surface area contributed by atoms with Crippen molar-refractivity contribution in [3.8, 4) is 0 Å². The normalized spacial score (nSPS) is 15.1. The molecule has 0 saturated heterocycles. The van der Waals surface area contributed by atoms with E-state index in [-0.39, 0.29) is 0 Å². The van der Waals surface area contributed by atoms with Gasteiger partial charge in [0.05, 0.1) is 11.9 Å². The molecule has 1 aromatic rings. The molecule has 3 heteroatoms. The van der Waals surface area contributed by atoms with Gasteiger partial charge in [0.2, 0.25) is 6.08 Å². The number of aryl methyl sites for hydroxylation is 2. The van der Waals surface area contributed by atoms with Crippen LogP contribution >= 0.6 is 0 Å². The van der Waals surface area contributed by atoms with Crippen LogP contribution in [0.4, 0.5) is 5.69 Å². The van der Waals surface area contributed by atoms with Crippen LogP contribution in [0.25, 0.3) is 0 Å². The van der Waals surface area contributed by atoms with Crippen LogP contribution in [-0.2, 0) is 17.6 Å². The first kappa shape index (κ1) is 9.10. The summed E-state index contributed by atoms with van der Waals surface area (Å²) in [7, 11) is 0. The Hall–Kier alpha value is -1.47. The summed E-state index contributed by atoms with van der Waals surface area (Å²) in [4.78, 5) is 18.0. The molecule has 0 aromatic carbocycles. The maximum atomic E-state index is 10.1. The first-order chi connectivity index (χ1) is 6.90. The molecule has 0 N–H and O–H groups in total. The number of hydrogen-bond donors (Lipinski definition) is 0. The van der Waals surface area contributed by atoms with Crippen molar-refractivity contribution in [1.82, 2.24) is 4.98 Å². The fraction of sp³-hybridized carbons (Fsp3) is 0.455. The van der Waals surface area contributed by atoms with E-state index < -0.39 is 0 Å². The summed E-state index contributed by atoms with van der Waals surface area (Å²) in [6, 6.07) is 1.96. The first-order valence-electron chi connectivity index (χ1n) is 4.96. The van der Waals surface area contributed by atoms with Crippen LogP contribution in [0.2, 0.25) is 0 Å². The van der Waals surface area contributed by atoms with Gasteiger partial charge in [0.15, 0.2) is 0 Å². The number of aliphatic imine (C=N–C) groups is 1. The Morgan fingerprint density at radius 1 is 1.29 bits per heavy atom. The number of pyridine rings is 1. The third-order valence-corrected chi connectivity index (χ3v) is 2.58. The summed E-state index contributed by atoms with van der Waals surface area (Å²) >= 11 is 0. The zero-order valence-electron chi connectivity index (χ0n) is 7.99. The Kier molecular flexibility index (Phi) is 2.70. The summed E-state index contributed by atoms with van der Waals surface area (Å²) in [5, 5.41) is 0. The molecule has 0 fully saturated rings. The summed E-state index contributed by atoms with van der Waals surface area (Å²) in [6.45, 7) is 0. The first-order valence-corrected chi connectivity index (χ1v) is 4.96. The van der Waals surface area contributed by atoms with Crippen LogP contribution in [-0.4, -0.2) is 11.1 Å². The molecule has 0 saturated carbocycles. The summed E-state index contributed by atoms with van der Waals surface area (Å²) in [5.41, 5.74) is 3.05. The van der Waals surface area contributed by atoms with Crippen molar-refractivity contribution in [3.63, 3.8) is 0 Å². The summed E-state index contributed by atoms with van der Waals surface area (Å²) in [5.74, 6) is 0. The SMILES string of the molecule is O=C=Nc1cnc2c(c1)CCCCC2. The molecule has 1 aromatic heterocycles. The van der Waals surface area contributed by atoms with Gasteiger partial charge >= 0.3 is 0 Å². The van der Waals surface area contributed by atoms with Gasteiger partial charge in [-0.3, -0.25) is 4.98 Å². The second-order valence-corrected chi connectivity index (χ2v) is 3.56. The van der Waals surface area contributed by atoms with Crippen molar-refractivity contribution in [2.75, 3.05) is 0 Å². The van der Waals surface area contributed by atoms with E-state index in [1.807, 2.05) is 6.07 Å². The molecule has 2 rings (SSSR count). The molecule has 0 radical (unpaired) electrons. The number of aromatic nitrogens is 1. The third-order valence-electron chi connectivity index (χ3n) is 2.58. The van der Waals surface area contributed by atoms with Crippen LogP contribution in [0.3, 0.4) is 0 Å². The molecule has 72 valence electrons. The van der Waals surface area contributed by atoms with Gasteiger partial charge in [-0.15, -0.1) is 0 Å². The number of fused-ring (bicyclic) bond motifs is 1. The highest BCUT2D eigenvalue weighted by Gasteiger charge is 2.09. The Bertz CT molecular complexity index is 381. The molecular formula is C11H12N2O. The largest absolute Gasteiger partial charge is 0.259 e. The van der Waals surface area contributed by atoms with Crippen LogP contribution < -0.4 is 0 Å². The Balaban J connectivity index is 2.36. The Morgan fingerprint density at radius 3 is 3.00 bits per heavy atom. The van der Waals surface area contributed by atoms with Crippen molar-refractivity contribution in [2.45, 2.75) is 32.1 Å². The van der Waals surface area contributed by atoms with Gasteiger partial charge in [0, 0.05) is 5.69 Å². The molecule has 0 unspecified atom stereocenters. The minimum absolute atomic E-state index is 0.626. The highest BCUT2D eigenvalue weighted by atomic mass is 16.1. The lowest BCUT2D eigenvalue weighted by Gasteiger charge is -2.03. The Labute approximate surface area is 82.9 Å². The van der Waals surface area contributed by atoms with E-state index >= 15 is 0 Å². The highest BCUT2D eigenvalue weighted by Crippen LogP contribution is 2.22. The smallest absolute Gasteiger partial charge is 0.240 e. The van der Waals surface area contributed by atoms with Crippen LogP contribution in [0.15, 0.2) is 17.3 Å². The summed E-state index contributed by atoms with van der Waals surface area (Å²) in [6.07, 6.45) is 9.00. The van der Waals surface area contributed by atoms with Crippen molar-refractivity contribution in [2.24, 2.45) is 4.99 Å². The molecule has 0 aliphatic heterocycles. The molecule has 0 amide bonds. The molecule has 1 aliphatic carbocycles. The fourth-order valence-electron chi connectivity index (χ4n) is 1.87. The van der Waals surface area contributed by atoms with Crippen LogP contribution in [0.5, 0.6) is 0 Å². The fourth-order valence-corrected chi connectivity index (χ4v) is 1.87. The van der Waals surface area contributed by atoms with Gasteiger partial charge in [0.25, 0.3) is 0 Å². The zero-order chi connectivity index (χ0) is 9.80. The molecule has 0 atom stereocenters. The Morgan fingerprint density at radius 2 is 2.14 bits per heavy atom. The van der Waals surface area contributed by atoms with Crippen molar-refractivity contribution in [3.05, 3.63) is 23.5 Å². The lowest BCUT2D eigenvalue weighted by Crippen LogP contribution is -1.93. The second-order valence-electron chi connectivity index (χ2n) is 3.56. The maximum Gasteiger partial charge on any atom is 0.240 e. The van der Waals surface area contributed by atoms with E-state index in [1.54, 1.807) is 12.3 Å². The number of isocyanates is 1. The van der Waals surface area contributed by atoms with E-state index in [1.165, 1.54) is 30.5 Å². The minimum atomic E-state index is 0.626. The van der Waals surface area contributed by atoms with E-state index in [4.69, 9.17) is 0 Å². The molecule has 1 aliphatic rings. The van der Waals surface area contributed by atoms with Gasteiger partial charge < -0.3 is 0 Å². The van der Waals surface area contributed by atoms with Gasteiger partial charge in [-0.2, -0.15) is 4.99 Å². The van der Waals surface area contributed by atoms with Gasteiger partial charge in [-0.05, 0) is 37.3 Å². The van der Waals surface area contributed by atoms with E-state index in [2.05, 4.69) is 9.98 Å². The van der Waals surface area contributed by atoms with Gasteiger partial charge in [-0.1, -0.05) is 6.42 Å². The molecule has 14 heavy (non-hydrogen) atoms. The molecule has 0 bridgehead atoms. The zero-order valence-corrected chi connectivity index (χ0v) is 7.99. The maximum absolute atomic E-state index is 10.1. The third kappa shape index (κ3) is 1.88. The molecule has 0 spiro atoms. The second kappa shape index (κ2) is 4.16. The number of rotatable bonds is 1. The highest BCUT2D eigenvalue weighted by molar-refractivity contribution is 5.49. The number of hydrogen-bond acceptors (Lipinski definition) is 3. The van der Waals surface area contributed by atoms with Crippen molar-refractivity contribution < 1.29 is 4.79 Å². The molecule has 3 nitrogen and oxygen atoms in total. The number of nitrogens with zero attached hydrogens (tertiary/aromatic N) is 2. The lowest BCUT2D eigenvalue weighted by atomic mass is 10.1. The monoisotopic (exact) mass is 188 g/mol. The molecular weight excluding hydrogens is 176 g/mol. The van der Waals surface area contributed by atoms with E-state index in [9.17, 15) is 4.79 Å². The van der Waals surface area contributed by atoms with Crippen LogP contribution in [0, 0.1) is 0 Å².